The van der Waals surface area contributed by atoms with Gasteiger partial charge in [0, 0.05) is 24.9 Å². The zero-order valence-electron chi connectivity index (χ0n) is 17.2. The first kappa shape index (κ1) is 22.0. The normalized spacial score (nSPS) is 14.3. The lowest BCUT2D eigenvalue weighted by Gasteiger charge is -2.20. The Morgan fingerprint density at radius 2 is 1.65 bits per heavy atom. The summed E-state index contributed by atoms with van der Waals surface area (Å²) >= 11 is 0. The molecule has 1 unspecified atom stereocenters. The van der Waals surface area contributed by atoms with Crippen molar-refractivity contribution in [3.8, 4) is 5.75 Å². The van der Waals surface area contributed by atoms with Crippen molar-refractivity contribution in [2.24, 2.45) is 0 Å². The van der Waals surface area contributed by atoms with E-state index in [4.69, 9.17) is 9.47 Å². The number of carbonyl (C=O) groups is 4. The van der Waals surface area contributed by atoms with Crippen LogP contribution in [-0.4, -0.2) is 41.7 Å². The van der Waals surface area contributed by atoms with Crippen LogP contribution in [0, 0.1) is 0 Å². The van der Waals surface area contributed by atoms with Crippen LogP contribution >= 0.6 is 0 Å². The Morgan fingerprint density at radius 1 is 1.00 bits per heavy atom. The summed E-state index contributed by atoms with van der Waals surface area (Å²) in [6, 6.07) is 15.6. The van der Waals surface area contributed by atoms with E-state index in [0.717, 1.165) is 4.90 Å². The standard InChI is InChI=1S/C23H24N2O6/c1-2-30-18-11-7-6-10-17(18)24-23(29)22(16-8-4-3-5-9-16)31-21(28)14-15-25-19(26)12-13-20(25)27/h3-11,22H,2,12-15H2,1H3,(H,24,29). The van der Waals surface area contributed by atoms with Crippen molar-refractivity contribution in [1.82, 2.24) is 4.90 Å². The highest BCUT2D eigenvalue weighted by atomic mass is 16.5. The third-order valence-corrected chi connectivity index (χ3v) is 4.73. The molecule has 0 spiro atoms. The smallest absolute Gasteiger partial charge is 0.308 e. The van der Waals surface area contributed by atoms with Crippen molar-refractivity contribution < 1.29 is 28.7 Å². The molecule has 0 aliphatic carbocycles. The average molecular weight is 424 g/mol. The minimum Gasteiger partial charge on any atom is -0.492 e. The molecule has 0 bridgehead atoms. The van der Waals surface area contributed by atoms with E-state index in [-0.39, 0.29) is 37.6 Å². The van der Waals surface area contributed by atoms with Crippen LogP contribution in [0.1, 0.15) is 37.9 Å². The number of amides is 3. The minimum absolute atomic E-state index is 0.0627. The highest BCUT2D eigenvalue weighted by Crippen LogP contribution is 2.27. The monoisotopic (exact) mass is 424 g/mol. The molecule has 1 atom stereocenters. The molecule has 1 heterocycles. The van der Waals surface area contributed by atoms with Crippen molar-refractivity contribution in [2.45, 2.75) is 32.3 Å². The highest BCUT2D eigenvalue weighted by Gasteiger charge is 2.30. The predicted molar refractivity (Wildman–Crippen MR) is 112 cm³/mol. The summed E-state index contributed by atoms with van der Waals surface area (Å²) < 4.78 is 11.0. The van der Waals surface area contributed by atoms with Gasteiger partial charge in [0.05, 0.1) is 18.7 Å². The fourth-order valence-corrected chi connectivity index (χ4v) is 3.22. The second kappa shape index (κ2) is 10.4. The van der Waals surface area contributed by atoms with Gasteiger partial charge in [0.2, 0.25) is 17.9 Å². The van der Waals surface area contributed by atoms with Gasteiger partial charge in [0.1, 0.15) is 5.75 Å². The molecule has 2 aromatic carbocycles. The highest BCUT2D eigenvalue weighted by molar-refractivity contribution is 6.02. The number of imide groups is 1. The molecule has 162 valence electrons. The molecule has 0 aromatic heterocycles. The van der Waals surface area contributed by atoms with Gasteiger partial charge >= 0.3 is 5.97 Å². The lowest BCUT2D eigenvalue weighted by molar-refractivity contribution is -0.155. The molecular weight excluding hydrogens is 400 g/mol. The Labute approximate surface area is 180 Å². The summed E-state index contributed by atoms with van der Waals surface area (Å²) in [5.41, 5.74) is 0.954. The van der Waals surface area contributed by atoms with Gasteiger partial charge in [0.15, 0.2) is 0 Å². The van der Waals surface area contributed by atoms with Crippen LogP contribution in [0.15, 0.2) is 54.6 Å². The zero-order chi connectivity index (χ0) is 22.2. The van der Waals surface area contributed by atoms with Gasteiger partial charge in [-0.25, -0.2) is 0 Å². The fourth-order valence-electron chi connectivity index (χ4n) is 3.22. The number of benzene rings is 2. The van der Waals surface area contributed by atoms with Gasteiger partial charge in [-0.3, -0.25) is 24.1 Å². The van der Waals surface area contributed by atoms with Gasteiger partial charge < -0.3 is 14.8 Å². The van der Waals surface area contributed by atoms with E-state index >= 15 is 0 Å². The second-order valence-electron chi connectivity index (χ2n) is 6.89. The summed E-state index contributed by atoms with van der Waals surface area (Å²) in [5, 5.41) is 2.75. The number of rotatable bonds is 9. The predicted octanol–water partition coefficient (Wildman–Crippen LogP) is 2.85. The number of anilines is 1. The molecule has 3 rings (SSSR count). The first-order valence-electron chi connectivity index (χ1n) is 10.1. The van der Waals surface area contributed by atoms with E-state index in [2.05, 4.69) is 5.32 Å². The van der Waals surface area contributed by atoms with Crippen molar-refractivity contribution in [1.29, 1.82) is 0 Å². The van der Waals surface area contributed by atoms with Crippen molar-refractivity contribution >= 4 is 29.4 Å². The first-order chi connectivity index (χ1) is 15.0. The zero-order valence-corrected chi connectivity index (χ0v) is 17.2. The lowest BCUT2D eigenvalue weighted by atomic mass is 10.1. The molecular formula is C23H24N2O6. The van der Waals surface area contributed by atoms with Crippen LogP contribution in [0.5, 0.6) is 5.75 Å². The fraction of sp³-hybridized carbons (Fsp3) is 0.304. The maximum Gasteiger partial charge on any atom is 0.308 e. The van der Waals surface area contributed by atoms with Crippen LogP contribution in [0.2, 0.25) is 0 Å². The van der Waals surface area contributed by atoms with Crippen LogP contribution in [0.3, 0.4) is 0 Å². The first-order valence-corrected chi connectivity index (χ1v) is 10.1. The summed E-state index contributed by atoms with van der Waals surface area (Å²) in [6.45, 7) is 2.20. The third kappa shape index (κ3) is 5.69. The molecule has 1 aliphatic heterocycles. The molecule has 0 radical (unpaired) electrons. The SMILES string of the molecule is CCOc1ccccc1NC(=O)C(OC(=O)CCN1C(=O)CCC1=O)c1ccccc1. The second-order valence-corrected chi connectivity index (χ2v) is 6.89. The summed E-state index contributed by atoms with van der Waals surface area (Å²) in [5.74, 6) is -1.33. The number of nitrogens with zero attached hydrogens (tertiary/aromatic N) is 1. The number of hydrogen-bond acceptors (Lipinski definition) is 6. The van der Waals surface area contributed by atoms with Gasteiger partial charge in [-0.05, 0) is 19.1 Å². The molecule has 0 saturated carbocycles. The largest absolute Gasteiger partial charge is 0.492 e. The molecule has 1 aliphatic rings. The van der Waals surface area contributed by atoms with Crippen LogP contribution < -0.4 is 10.1 Å². The molecule has 8 heteroatoms. The third-order valence-electron chi connectivity index (χ3n) is 4.73. The Kier molecular flexibility index (Phi) is 7.37. The van der Waals surface area contributed by atoms with E-state index in [1.165, 1.54) is 0 Å². The summed E-state index contributed by atoms with van der Waals surface area (Å²) in [7, 11) is 0. The van der Waals surface area contributed by atoms with Gasteiger partial charge in [-0.2, -0.15) is 0 Å². The topological polar surface area (TPSA) is 102 Å². The number of esters is 1. The van der Waals surface area contributed by atoms with E-state index in [9.17, 15) is 19.2 Å². The van der Waals surface area contributed by atoms with Gasteiger partial charge in [-0.15, -0.1) is 0 Å². The number of carbonyl (C=O) groups excluding carboxylic acids is 4. The molecule has 3 amide bonds. The molecule has 1 N–H and O–H groups in total. The maximum absolute atomic E-state index is 13.0. The van der Waals surface area contributed by atoms with Gasteiger partial charge in [0.25, 0.3) is 5.91 Å². The molecule has 31 heavy (non-hydrogen) atoms. The maximum atomic E-state index is 13.0. The molecule has 1 fully saturated rings. The minimum atomic E-state index is -1.20. The molecule has 1 saturated heterocycles. The van der Waals surface area contributed by atoms with Crippen molar-refractivity contribution in [3.05, 3.63) is 60.2 Å². The van der Waals surface area contributed by atoms with Crippen molar-refractivity contribution in [3.63, 3.8) is 0 Å². The molecule has 2 aromatic rings. The van der Waals surface area contributed by atoms with Crippen molar-refractivity contribution in [2.75, 3.05) is 18.5 Å². The van der Waals surface area contributed by atoms with Crippen LogP contribution in [0.4, 0.5) is 5.69 Å². The van der Waals surface area contributed by atoms with E-state index < -0.39 is 18.0 Å². The Balaban J connectivity index is 1.71. The summed E-state index contributed by atoms with van der Waals surface area (Å²) in [6.07, 6.45) is -1.08. The van der Waals surface area contributed by atoms with Crippen LogP contribution in [0.25, 0.3) is 0 Å². The molecule has 8 nitrogen and oxygen atoms in total. The quantitative estimate of drug-likeness (QED) is 0.491. The number of ether oxygens (including phenoxy) is 2. The van der Waals surface area contributed by atoms with E-state index in [1.807, 2.05) is 6.92 Å². The Hall–Kier alpha value is -3.68. The van der Waals surface area contributed by atoms with Crippen LogP contribution in [-0.2, 0) is 23.9 Å². The average Bonchev–Trinajstić information content (AvgIpc) is 3.10. The summed E-state index contributed by atoms with van der Waals surface area (Å²) in [4.78, 5) is 49.9. The van der Waals surface area contributed by atoms with E-state index in [1.54, 1.807) is 54.6 Å². The van der Waals surface area contributed by atoms with E-state index in [0.29, 0.717) is 23.6 Å². The number of para-hydroxylation sites is 2. The lowest BCUT2D eigenvalue weighted by Crippen LogP contribution is -2.32. The number of nitrogens with one attached hydrogen (secondary N) is 1. The Morgan fingerprint density at radius 3 is 2.32 bits per heavy atom. The Bertz CT molecular complexity index is 944. The number of hydrogen-bond donors (Lipinski definition) is 1. The van der Waals surface area contributed by atoms with Gasteiger partial charge in [-0.1, -0.05) is 42.5 Å². The number of likely N-dealkylation sites (tertiary alicyclic amines) is 1.